The van der Waals surface area contributed by atoms with E-state index < -0.39 is 0 Å². The Balaban J connectivity index is 1.75. The Labute approximate surface area is 203 Å². The number of anilines is 1. The summed E-state index contributed by atoms with van der Waals surface area (Å²) in [5.74, 6) is 0.912. The van der Waals surface area contributed by atoms with E-state index in [9.17, 15) is 4.79 Å². The first-order valence-electron chi connectivity index (χ1n) is 10.4. The van der Waals surface area contributed by atoms with Gasteiger partial charge < -0.3 is 14.8 Å². The molecule has 3 aromatic carbocycles. The molecule has 0 bridgehead atoms. The van der Waals surface area contributed by atoms with Gasteiger partial charge in [-0.2, -0.15) is 0 Å². The number of nitrogens with one attached hydrogen (secondary N) is 1. The van der Waals surface area contributed by atoms with Crippen LogP contribution in [-0.4, -0.2) is 25.3 Å². The van der Waals surface area contributed by atoms with Crippen LogP contribution in [0.25, 0.3) is 0 Å². The molecule has 0 saturated carbocycles. The molecule has 0 aromatic heterocycles. The van der Waals surface area contributed by atoms with Gasteiger partial charge >= 0.3 is 0 Å². The monoisotopic (exact) mass is 542 g/mol. The van der Waals surface area contributed by atoms with Gasteiger partial charge in [0.25, 0.3) is 5.91 Å². The molecule has 5 nitrogen and oxygen atoms in total. The number of carbonyl (C=O) groups excluding carboxylic acids is 1. The van der Waals surface area contributed by atoms with E-state index in [2.05, 4.69) is 52.8 Å². The first-order chi connectivity index (χ1) is 15.4. The summed E-state index contributed by atoms with van der Waals surface area (Å²) >= 11 is 2.19. The van der Waals surface area contributed by atoms with E-state index in [0.717, 1.165) is 31.6 Å². The van der Waals surface area contributed by atoms with E-state index in [1.165, 1.54) is 5.56 Å². The van der Waals surface area contributed by atoms with Crippen LogP contribution in [0.4, 0.5) is 11.4 Å². The second kappa shape index (κ2) is 11.1. The van der Waals surface area contributed by atoms with E-state index in [1.54, 1.807) is 0 Å². The third-order valence-corrected chi connectivity index (χ3v) is 5.71. The summed E-state index contributed by atoms with van der Waals surface area (Å²) in [6.07, 6.45) is 1.82. The molecular formula is C26H27IN2O3. The van der Waals surface area contributed by atoms with Gasteiger partial charge in [0.05, 0.1) is 15.9 Å². The average Bonchev–Trinajstić information content (AvgIpc) is 2.74. The van der Waals surface area contributed by atoms with Gasteiger partial charge in [0.1, 0.15) is 0 Å². The van der Waals surface area contributed by atoms with E-state index in [4.69, 9.17) is 9.47 Å². The quantitative estimate of drug-likeness (QED) is 0.265. The molecule has 0 radical (unpaired) electrons. The molecule has 0 fully saturated rings. The minimum atomic E-state index is -0.227. The first kappa shape index (κ1) is 23.8. The maximum atomic E-state index is 12.4. The lowest BCUT2D eigenvalue weighted by Crippen LogP contribution is -2.20. The molecule has 0 aliphatic carbocycles. The number of ether oxygens (including phenoxy) is 2. The molecule has 0 atom stereocenters. The fourth-order valence-corrected chi connectivity index (χ4v) is 3.92. The highest BCUT2D eigenvalue weighted by Crippen LogP contribution is 2.34. The van der Waals surface area contributed by atoms with Gasteiger partial charge in [-0.25, -0.2) is 0 Å². The van der Waals surface area contributed by atoms with Gasteiger partial charge in [-0.3, -0.25) is 9.79 Å². The fraction of sp³-hybridized carbons (Fsp3) is 0.231. The van der Waals surface area contributed by atoms with Crippen molar-refractivity contribution in [2.45, 2.75) is 27.7 Å². The van der Waals surface area contributed by atoms with Crippen molar-refractivity contribution >= 4 is 46.1 Å². The zero-order valence-electron chi connectivity index (χ0n) is 18.7. The Morgan fingerprint density at radius 3 is 2.59 bits per heavy atom. The van der Waals surface area contributed by atoms with Crippen LogP contribution in [0.3, 0.4) is 0 Å². The molecule has 0 unspecified atom stereocenters. The number of hydrogen-bond donors (Lipinski definition) is 1. The number of carbonyl (C=O) groups is 1. The Morgan fingerprint density at radius 1 is 1.06 bits per heavy atom. The van der Waals surface area contributed by atoms with E-state index >= 15 is 0 Å². The molecular weight excluding hydrogens is 515 g/mol. The van der Waals surface area contributed by atoms with Crippen molar-refractivity contribution in [3.63, 3.8) is 0 Å². The Morgan fingerprint density at radius 2 is 1.84 bits per heavy atom. The third-order valence-electron chi connectivity index (χ3n) is 4.91. The number of halogens is 1. The molecule has 1 N–H and O–H groups in total. The van der Waals surface area contributed by atoms with Crippen molar-refractivity contribution in [1.29, 1.82) is 0 Å². The number of nitrogens with zero attached hydrogens (tertiary/aromatic N) is 1. The second-order valence-electron chi connectivity index (χ2n) is 7.45. The average molecular weight is 542 g/mol. The Hall–Kier alpha value is -2.87. The first-order valence-corrected chi connectivity index (χ1v) is 11.5. The van der Waals surface area contributed by atoms with Crippen LogP contribution in [0.5, 0.6) is 11.5 Å². The summed E-state index contributed by atoms with van der Waals surface area (Å²) in [7, 11) is 0. The summed E-state index contributed by atoms with van der Waals surface area (Å²) in [6.45, 7) is 8.41. The van der Waals surface area contributed by atoms with Crippen LogP contribution < -0.4 is 14.8 Å². The normalized spacial score (nSPS) is 10.9. The molecule has 6 heteroatoms. The molecule has 0 heterocycles. The van der Waals surface area contributed by atoms with E-state index in [0.29, 0.717) is 18.1 Å². The largest absolute Gasteiger partial charge is 0.490 e. The van der Waals surface area contributed by atoms with Gasteiger partial charge in [-0.1, -0.05) is 24.3 Å². The third kappa shape index (κ3) is 6.32. The lowest BCUT2D eigenvalue weighted by molar-refractivity contribution is -0.118. The van der Waals surface area contributed by atoms with Crippen molar-refractivity contribution < 1.29 is 14.3 Å². The van der Waals surface area contributed by atoms with Crippen LogP contribution in [0, 0.1) is 24.3 Å². The van der Waals surface area contributed by atoms with Crippen molar-refractivity contribution in [2.24, 2.45) is 4.99 Å². The molecule has 3 aromatic rings. The maximum absolute atomic E-state index is 12.4. The van der Waals surface area contributed by atoms with Gasteiger partial charge in [0, 0.05) is 11.9 Å². The van der Waals surface area contributed by atoms with E-state index in [1.807, 2.05) is 68.6 Å². The van der Waals surface area contributed by atoms with Crippen molar-refractivity contribution in [3.8, 4) is 11.5 Å². The number of aliphatic imine (C=N–C) groups is 1. The van der Waals surface area contributed by atoms with E-state index in [-0.39, 0.29) is 12.5 Å². The number of rotatable bonds is 8. The van der Waals surface area contributed by atoms with Crippen LogP contribution >= 0.6 is 22.6 Å². The summed E-state index contributed by atoms with van der Waals surface area (Å²) in [6, 6.07) is 17.6. The van der Waals surface area contributed by atoms with Gasteiger partial charge in [-0.05, 0) is 103 Å². The van der Waals surface area contributed by atoms with Gasteiger partial charge in [-0.15, -0.1) is 0 Å². The standard InChI is InChI=1S/C26H27IN2O3/c1-5-31-24-14-20(15-28-23-11-7-9-18(3)19(23)4)13-22(27)26(24)32-16-25(30)29-21-10-6-8-17(2)12-21/h6-15H,5,16H2,1-4H3,(H,29,30). The zero-order valence-corrected chi connectivity index (χ0v) is 20.9. The van der Waals surface area contributed by atoms with Crippen molar-refractivity contribution in [1.82, 2.24) is 0 Å². The molecule has 0 aliphatic heterocycles. The predicted molar refractivity (Wildman–Crippen MR) is 139 cm³/mol. The highest BCUT2D eigenvalue weighted by atomic mass is 127. The lowest BCUT2D eigenvalue weighted by atomic mass is 10.1. The zero-order chi connectivity index (χ0) is 23.1. The van der Waals surface area contributed by atoms with Crippen molar-refractivity contribution in [2.75, 3.05) is 18.5 Å². The summed E-state index contributed by atoms with van der Waals surface area (Å²) < 4.78 is 12.5. The highest BCUT2D eigenvalue weighted by Gasteiger charge is 2.14. The fourth-order valence-electron chi connectivity index (χ4n) is 3.14. The van der Waals surface area contributed by atoms with Crippen LogP contribution in [0.1, 0.15) is 29.2 Å². The maximum Gasteiger partial charge on any atom is 0.262 e. The van der Waals surface area contributed by atoms with Crippen molar-refractivity contribution in [3.05, 3.63) is 80.4 Å². The van der Waals surface area contributed by atoms with Crippen LogP contribution in [-0.2, 0) is 4.79 Å². The topological polar surface area (TPSA) is 59.9 Å². The Kier molecular flexibility index (Phi) is 8.27. The SMILES string of the molecule is CCOc1cc(C=Nc2cccc(C)c2C)cc(I)c1OCC(=O)Nc1cccc(C)c1. The molecule has 32 heavy (non-hydrogen) atoms. The number of amides is 1. The Bertz CT molecular complexity index is 1140. The van der Waals surface area contributed by atoms with Gasteiger partial charge in [0.2, 0.25) is 0 Å². The summed E-state index contributed by atoms with van der Waals surface area (Å²) in [4.78, 5) is 17.0. The molecule has 0 spiro atoms. The summed E-state index contributed by atoms with van der Waals surface area (Å²) in [5, 5.41) is 2.86. The lowest BCUT2D eigenvalue weighted by Gasteiger charge is -2.15. The minimum absolute atomic E-state index is 0.111. The smallest absolute Gasteiger partial charge is 0.262 e. The molecule has 0 saturated heterocycles. The minimum Gasteiger partial charge on any atom is -0.490 e. The molecule has 166 valence electrons. The van der Waals surface area contributed by atoms with Crippen LogP contribution in [0.2, 0.25) is 0 Å². The molecule has 3 rings (SSSR count). The number of hydrogen-bond acceptors (Lipinski definition) is 4. The summed E-state index contributed by atoms with van der Waals surface area (Å²) in [5.41, 5.74) is 6.02. The second-order valence-corrected chi connectivity index (χ2v) is 8.61. The highest BCUT2D eigenvalue weighted by molar-refractivity contribution is 14.1. The molecule has 1 amide bonds. The van der Waals surface area contributed by atoms with Gasteiger partial charge in [0.15, 0.2) is 18.1 Å². The molecule has 0 aliphatic rings. The number of benzene rings is 3. The predicted octanol–water partition coefficient (Wildman–Crippen LogP) is 6.38. The van der Waals surface area contributed by atoms with Crippen LogP contribution in [0.15, 0.2) is 59.6 Å². The number of aryl methyl sites for hydroxylation is 2.